The van der Waals surface area contributed by atoms with Gasteiger partial charge in [0.15, 0.2) is 0 Å². The van der Waals surface area contributed by atoms with E-state index in [4.69, 9.17) is 23.2 Å². The summed E-state index contributed by atoms with van der Waals surface area (Å²) >= 11 is 12.2. The molecule has 0 saturated heterocycles. The standard InChI is InChI=1S/C25H32Cl2N2O2/c1-6-18(5)28-25(31)23(7-2)29(15-20-10-11-21(26)22(27)13-20)24(30)14-19-9-8-16(3)17(4)12-19/h8-13,18,23H,6-7,14-15H2,1-5H3,(H,28,31)/t18-,23+/m0/s1. The van der Waals surface area contributed by atoms with Crippen LogP contribution in [0.1, 0.15) is 55.9 Å². The molecule has 2 atom stereocenters. The molecular formula is C25H32Cl2N2O2. The minimum atomic E-state index is -0.567. The number of carbonyl (C=O) groups excluding carboxylic acids is 2. The summed E-state index contributed by atoms with van der Waals surface area (Å²) in [5.41, 5.74) is 4.09. The van der Waals surface area contributed by atoms with Crippen LogP contribution in [-0.4, -0.2) is 28.8 Å². The molecule has 168 valence electrons. The molecule has 0 saturated carbocycles. The minimum Gasteiger partial charge on any atom is -0.352 e. The Bertz CT molecular complexity index is 930. The molecule has 2 amide bonds. The van der Waals surface area contributed by atoms with Crippen molar-refractivity contribution in [3.05, 3.63) is 68.7 Å². The molecule has 0 heterocycles. The van der Waals surface area contributed by atoms with Crippen molar-refractivity contribution in [3.8, 4) is 0 Å². The highest BCUT2D eigenvalue weighted by Crippen LogP contribution is 2.24. The maximum Gasteiger partial charge on any atom is 0.243 e. The van der Waals surface area contributed by atoms with Crippen molar-refractivity contribution in [2.75, 3.05) is 0 Å². The number of hydrogen-bond donors (Lipinski definition) is 1. The van der Waals surface area contributed by atoms with Crippen LogP contribution in [0.4, 0.5) is 0 Å². The van der Waals surface area contributed by atoms with Gasteiger partial charge in [-0.25, -0.2) is 0 Å². The summed E-state index contributed by atoms with van der Waals surface area (Å²) in [7, 11) is 0. The van der Waals surface area contributed by atoms with E-state index in [2.05, 4.69) is 5.32 Å². The lowest BCUT2D eigenvalue weighted by molar-refractivity contribution is -0.141. The lowest BCUT2D eigenvalue weighted by Gasteiger charge is -2.31. The maximum atomic E-state index is 13.4. The predicted octanol–water partition coefficient (Wildman–Crippen LogP) is 5.87. The van der Waals surface area contributed by atoms with E-state index in [-0.39, 0.29) is 30.8 Å². The van der Waals surface area contributed by atoms with E-state index in [1.165, 1.54) is 5.56 Å². The normalized spacial score (nSPS) is 12.9. The van der Waals surface area contributed by atoms with Gasteiger partial charge in [-0.3, -0.25) is 9.59 Å². The third kappa shape index (κ3) is 6.98. The van der Waals surface area contributed by atoms with Crippen LogP contribution in [-0.2, 0) is 22.6 Å². The second kappa shape index (κ2) is 11.5. The fourth-order valence-electron chi connectivity index (χ4n) is 3.38. The summed E-state index contributed by atoms with van der Waals surface area (Å²) in [6.07, 6.45) is 1.57. The van der Waals surface area contributed by atoms with E-state index in [0.29, 0.717) is 16.5 Å². The molecule has 0 radical (unpaired) electrons. The molecule has 0 bridgehead atoms. The Labute approximate surface area is 195 Å². The Morgan fingerprint density at radius 1 is 0.935 bits per heavy atom. The van der Waals surface area contributed by atoms with Crippen molar-refractivity contribution in [1.29, 1.82) is 0 Å². The molecule has 0 aliphatic carbocycles. The van der Waals surface area contributed by atoms with E-state index in [0.717, 1.165) is 23.1 Å². The van der Waals surface area contributed by atoms with Crippen LogP contribution in [0.2, 0.25) is 10.0 Å². The SMILES string of the molecule is CC[C@H](C(=O)N[C@@H](C)CC)N(Cc1ccc(Cl)c(Cl)c1)C(=O)Cc1ccc(C)c(C)c1. The summed E-state index contributed by atoms with van der Waals surface area (Å²) in [6.45, 7) is 10.3. The second-order valence-corrected chi connectivity index (χ2v) is 8.92. The van der Waals surface area contributed by atoms with Crippen molar-refractivity contribution in [2.24, 2.45) is 0 Å². The third-order valence-electron chi connectivity index (χ3n) is 5.65. The molecule has 2 aromatic carbocycles. The molecule has 31 heavy (non-hydrogen) atoms. The topological polar surface area (TPSA) is 49.4 Å². The molecular weight excluding hydrogens is 431 g/mol. The number of benzene rings is 2. The van der Waals surface area contributed by atoms with Crippen LogP contribution in [0.25, 0.3) is 0 Å². The molecule has 6 heteroatoms. The first-order chi connectivity index (χ1) is 14.7. The smallest absolute Gasteiger partial charge is 0.243 e. The molecule has 0 spiro atoms. The highest BCUT2D eigenvalue weighted by Gasteiger charge is 2.29. The number of nitrogens with one attached hydrogen (secondary N) is 1. The largest absolute Gasteiger partial charge is 0.352 e. The molecule has 2 aromatic rings. The summed E-state index contributed by atoms with van der Waals surface area (Å²) in [5, 5.41) is 3.91. The third-order valence-corrected chi connectivity index (χ3v) is 6.39. The van der Waals surface area contributed by atoms with Crippen molar-refractivity contribution in [3.63, 3.8) is 0 Å². The van der Waals surface area contributed by atoms with Gasteiger partial charge in [0.05, 0.1) is 16.5 Å². The highest BCUT2D eigenvalue weighted by molar-refractivity contribution is 6.42. The van der Waals surface area contributed by atoms with Gasteiger partial charge in [0.25, 0.3) is 0 Å². The first-order valence-electron chi connectivity index (χ1n) is 10.8. The molecule has 0 unspecified atom stereocenters. The molecule has 0 aliphatic rings. The van der Waals surface area contributed by atoms with Crippen LogP contribution in [0, 0.1) is 13.8 Å². The monoisotopic (exact) mass is 462 g/mol. The average molecular weight is 463 g/mol. The van der Waals surface area contributed by atoms with Crippen LogP contribution in [0.3, 0.4) is 0 Å². The van der Waals surface area contributed by atoms with Gasteiger partial charge >= 0.3 is 0 Å². The summed E-state index contributed by atoms with van der Waals surface area (Å²) in [4.78, 5) is 28.1. The fraction of sp³-hybridized carbons (Fsp3) is 0.440. The van der Waals surface area contributed by atoms with Gasteiger partial charge in [-0.2, -0.15) is 0 Å². The second-order valence-electron chi connectivity index (χ2n) is 8.11. The zero-order valence-electron chi connectivity index (χ0n) is 19.0. The first-order valence-corrected chi connectivity index (χ1v) is 11.5. The number of rotatable bonds is 9. The van der Waals surface area contributed by atoms with Gasteiger partial charge in [-0.15, -0.1) is 0 Å². The van der Waals surface area contributed by atoms with Crippen LogP contribution in [0.15, 0.2) is 36.4 Å². The Balaban J connectivity index is 2.34. The lowest BCUT2D eigenvalue weighted by Crippen LogP contribution is -2.51. The highest BCUT2D eigenvalue weighted by atomic mass is 35.5. The Kier molecular flexibility index (Phi) is 9.39. The number of halogens is 2. The number of nitrogens with zero attached hydrogens (tertiary/aromatic N) is 1. The van der Waals surface area contributed by atoms with Crippen LogP contribution >= 0.6 is 23.2 Å². The van der Waals surface area contributed by atoms with Crippen molar-refractivity contribution >= 4 is 35.0 Å². The Morgan fingerprint density at radius 3 is 2.19 bits per heavy atom. The zero-order valence-corrected chi connectivity index (χ0v) is 20.5. The van der Waals surface area contributed by atoms with E-state index in [1.807, 2.05) is 58.9 Å². The number of carbonyl (C=O) groups is 2. The van der Waals surface area contributed by atoms with Crippen LogP contribution < -0.4 is 5.32 Å². The number of aryl methyl sites for hydroxylation is 2. The number of amides is 2. The molecule has 0 aromatic heterocycles. The van der Waals surface area contributed by atoms with E-state index >= 15 is 0 Å². The fourth-order valence-corrected chi connectivity index (χ4v) is 3.71. The van der Waals surface area contributed by atoms with Gasteiger partial charge in [-0.1, -0.05) is 61.3 Å². The Morgan fingerprint density at radius 2 is 1.61 bits per heavy atom. The van der Waals surface area contributed by atoms with E-state index in [9.17, 15) is 9.59 Å². The maximum absolute atomic E-state index is 13.4. The van der Waals surface area contributed by atoms with Gasteiger partial charge < -0.3 is 10.2 Å². The van der Waals surface area contributed by atoms with Crippen molar-refractivity contribution in [2.45, 2.75) is 72.5 Å². The summed E-state index contributed by atoms with van der Waals surface area (Å²) in [6, 6.07) is 10.8. The molecule has 4 nitrogen and oxygen atoms in total. The first kappa shape index (κ1) is 25.2. The van der Waals surface area contributed by atoms with Gasteiger partial charge in [0.1, 0.15) is 6.04 Å². The zero-order chi connectivity index (χ0) is 23.1. The summed E-state index contributed by atoms with van der Waals surface area (Å²) in [5.74, 6) is -0.231. The van der Waals surface area contributed by atoms with Crippen molar-refractivity contribution < 1.29 is 9.59 Å². The van der Waals surface area contributed by atoms with Gasteiger partial charge in [0.2, 0.25) is 11.8 Å². The average Bonchev–Trinajstić information content (AvgIpc) is 2.72. The van der Waals surface area contributed by atoms with Crippen LogP contribution in [0.5, 0.6) is 0 Å². The molecule has 1 N–H and O–H groups in total. The molecule has 0 aliphatic heterocycles. The summed E-state index contributed by atoms with van der Waals surface area (Å²) < 4.78 is 0. The minimum absolute atomic E-state index is 0.0447. The molecule has 2 rings (SSSR count). The lowest BCUT2D eigenvalue weighted by atomic mass is 10.0. The quantitative estimate of drug-likeness (QED) is 0.505. The van der Waals surface area contributed by atoms with Gasteiger partial charge in [0, 0.05) is 12.6 Å². The van der Waals surface area contributed by atoms with E-state index in [1.54, 1.807) is 17.0 Å². The Hall–Kier alpha value is -2.04. The number of hydrogen-bond acceptors (Lipinski definition) is 2. The molecule has 0 fully saturated rings. The van der Waals surface area contributed by atoms with Crippen molar-refractivity contribution in [1.82, 2.24) is 10.2 Å². The van der Waals surface area contributed by atoms with E-state index < -0.39 is 6.04 Å². The van der Waals surface area contributed by atoms with Gasteiger partial charge in [-0.05, 0) is 68.0 Å². The predicted molar refractivity (Wildman–Crippen MR) is 129 cm³/mol.